The highest BCUT2D eigenvalue weighted by atomic mass is 35.5. The molecule has 0 aliphatic carbocycles. The Bertz CT molecular complexity index is 1340. The molecule has 0 fully saturated rings. The highest BCUT2D eigenvalue weighted by Crippen LogP contribution is 2.27. The van der Waals surface area contributed by atoms with E-state index in [2.05, 4.69) is 24.3 Å². The van der Waals surface area contributed by atoms with Gasteiger partial charge in [-0.2, -0.15) is 5.10 Å². The smallest absolute Gasteiger partial charge is 0.256 e. The van der Waals surface area contributed by atoms with Crippen molar-refractivity contribution in [2.45, 2.75) is 111 Å². The van der Waals surface area contributed by atoms with Crippen LogP contribution in [0.5, 0.6) is 0 Å². The lowest BCUT2D eigenvalue weighted by Gasteiger charge is -2.23. The van der Waals surface area contributed by atoms with Crippen molar-refractivity contribution in [3.63, 3.8) is 0 Å². The second-order valence-corrected chi connectivity index (χ2v) is 12.1. The molecule has 234 valence electrons. The third kappa shape index (κ3) is 10.2. The molecule has 7 nitrogen and oxygen atoms in total. The van der Waals surface area contributed by atoms with Gasteiger partial charge in [0, 0.05) is 24.0 Å². The lowest BCUT2D eigenvalue weighted by atomic mass is 10.1. The number of hydrogen-bond acceptors (Lipinski definition) is 4. The van der Waals surface area contributed by atoms with Crippen LogP contribution in [0.25, 0.3) is 10.9 Å². The third-order valence-electron chi connectivity index (χ3n) is 7.95. The Hall–Kier alpha value is -3.19. The molecule has 0 bridgehead atoms. The first-order valence-electron chi connectivity index (χ1n) is 16.1. The number of halogens is 1. The quantitative estimate of drug-likeness (QED) is 0.109. The van der Waals surface area contributed by atoms with Crippen LogP contribution in [0.3, 0.4) is 0 Å². The van der Waals surface area contributed by atoms with Gasteiger partial charge in [0.1, 0.15) is 0 Å². The van der Waals surface area contributed by atoms with Crippen LogP contribution in [0.4, 0.5) is 5.69 Å². The summed E-state index contributed by atoms with van der Waals surface area (Å²) in [7, 11) is 0. The normalized spacial score (nSPS) is 11.9. The van der Waals surface area contributed by atoms with Gasteiger partial charge in [-0.15, -0.1) is 0 Å². The van der Waals surface area contributed by atoms with Gasteiger partial charge in [-0.3, -0.25) is 14.4 Å². The summed E-state index contributed by atoms with van der Waals surface area (Å²) in [4.78, 5) is 41.5. The van der Waals surface area contributed by atoms with E-state index in [9.17, 15) is 14.4 Å². The number of carbonyl (C=O) groups excluding carboxylic acids is 3. The van der Waals surface area contributed by atoms with Crippen LogP contribution >= 0.6 is 11.6 Å². The van der Waals surface area contributed by atoms with Gasteiger partial charge in [0.25, 0.3) is 11.8 Å². The second-order valence-electron chi connectivity index (χ2n) is 11.7. The summed E-state index contributed by atoms with van der Waals surface area (Å²) in [5.74, 6) is -0.917. The summed E-state index contributed by atoms with van der Waals surface area (Å²) < 4.78 is 1.45. The van der Waals surface area contributed by atoms with Crippen molar-refractivity contribution >= 4 is 45.8 Å². The van der Waals surface area contributed by atoms with Gasteiger partial charge in [-0.1, -0.05) is 101 Å². The first-order valence-corrected chi connectivity index (χ1v) is 16.5. The van der Waals surface area contributed by atoms with Gasteiger partial charge in [0.15, 0.2) is 11.8 Å². The number of hydrogen-bond donors (Lipinski definition) is 1. The number of Topliss-reactive ketones (excluding diaryl/α,β-unsaturated/α-hetero) is 1. The minimum atomic E-state index is -1.15. The van der Waals surface area contributed by atoms with Gasteiger partial charge in [-0.25, -0.2) is 4.68 Å². The molecule has 0 saturated heterocycles. The lowest BCUT2D eigenvalue weighted by molar-refractivity contribution is -0.129. The molecule has 1 aromatic heterocycles. The summed E-state index contributed by atoms with van der Waals surface area (Å²) in [6.45, 7) is 9.24. The number of unbranched alkanes of at least 4 members (excludes halogenated alkanes) is 10. The summed E-state index contributed by atoms with van der Waals surface area (Å²) in [5, 5.41) is 8.24. The number of benzene rings is 2. The van der Waals surface area contributed by atoms with Crippen molar-refractivity contribution in [2.75, 3.05) is 18.4 Å². The van der Waals surface area contributed by atoms with Crippen LogP contribution in [0.2, 0.25) is 5.02 Å². The van der Waals surface area contributed by atoms with Gasteiger partial charge in [-0.05, 0) is 57.0 Å². The fourth-order valence-corrected chi connectivity index (χ4v) is 5.69. The van der Waals surface area contributed by atoms with Crippen LogP contribution in [-0.4, -0.2) is 45.4 Å². The highest BCUT2D eigenvalue weighted by molar-refractivity contribution is 6.34. The lowest BCUT2D eigenvalue weighted by Crippen LogP contribution is -2.33. The Morgan fingerprint density at radius 3 is 2.05 bits per heavy atom. The van der Waals surface area contributed by atoms with E-state index < -0.39 is 11.9 Å². The predicted molar refractivity (Wildman–Crippen MR) is 177 cm³/mol. The molecule has 2 amide bonds. The molecule has 2 aromatic carbocycles. The largest absolute Gasteiger partial charge is 0.339 e. The zero-order valence-corrected chi connectivity index (χ0v) is 27.2. The van der Waals surface area contributed by atoms with E-state index in [1.54, 1.807) is 24.4 Å². The van der Waals surface area contributed by atoms with Crippen LogP contribution in [0.15, 0.2) is 42.6 Å². The Morgan fingerprint density at radius 2 is 1.47 bits per heavy atom. The minimum Gasteiger partial charge on any atom is -0.339 e. The molecular weight excluding hydrogens is 560 g/mol. The molecule has 3 rings (SSSR count). The number of carbonyl (C=O) groups is 3. The number of nitrogens with one attached hydrogen (secondary N) is 1. The fourth-order valence-electron chi connectivity index (χ4n) is 5.46. The Balaban J connectivity index is 1.69. The Kier molecular flexibility index (Phi) is 14.2. The molecule has 1 N–H and O–H groups in total. The van der Waals surface area contributed by atoms with Crippen molar-refractivity contribution in [3.05, 3.63) is 58.7 Å². The summed E-state index contributed by atoms with van der Waals surface area (Å²) >= 11 is 6.60. The maximum atomic E-state index is 13.6. The molecule has 0 radical (unpaired) electrons. The number of aromatic nitrogens is 2. The number of amides is 2. The summed E-state index contributed by atoms with van der Waals surface area (Å²) in [6, 6.07) is 9.55. The number of anilines is 1. The van der Waals surface area contributed by atoms with Crippen molar-refractivity contribution < 1.29 is 14.4 Å². The SMILES string of the molecule is CCCCCCCCN(CCCCCCCC)C(=O)c1ccc(NC(=O)C(C(C)=O)n2ncc3cc(C)ccc32)c(Cl)c1. The van der Waals surface area contributed by atoms with Crippen LogP contribution in [0, 0.1) is 6.92 Å². The molecule has 3 aromatic rings. The predicted octanol–water partition coefficient (Wildman–Crippen LogP) is 8.93. The Morgan fingerprint density at radius 1 is 0.860 bits per heavy atom. The number of ketones is 1. The summed E-state index contributed by atoms with van der Waals surface area (Å²) in [6.07, 6.45) is 15.7. The van der Waals surface area contributed by atoms with E-state index in [0.29, 0.717) is 16.8 Å². The van der Waals surface area contributed by atoms with E-state index in [0.717, 1.165) is 49.7 Å². The molecule has 8 heteroatoms. The molecule has 0 aliphatic rings. The van der Waals surface area contributed by atoms with E-state index in [1.165, 1.54) is 63.0 Å². The van der Waals surface area contributed by atoms with E-state index in [4.69, 9.17) is 11.6 Å². The molecular formula is C35H49ClN4O3. The average Bonchev–Trinajstić information content (AvgIpc) is 3.38. The zero-order valence-electron chi connectivity index (χ0n) is 26.5. The van der Waals surface area contributed by atoms with Gasteiger partial charge >= 0.3 is 0 Å². The van der Waals surface area contributed by atoms with E-state index >= 15 is 0 Å². The number of fused-ring (bicyclic) bond motifs is 1. The summed E-state index contributed by atoms with van der Waals surface area (Å²) in [5.41, 5.74) is 2.61. The maximum absolute atomic E-state index is 13.6. The molecule has 1 heterocycles. The van der Waals surface area contributed by atoms with E-state index in [-0.39, 0.29) is 16.7 Å². The molecule has 0 saturated carbocycles. The van der Waals surface area contributed by atoms with Gasteiger partial charge < -0.3 is 10.2 Å². The molecule has 1 atom stereocenters. The first kappa shape index (κ1) is 34.3. The first-order chi connectivity index (χ1) is 20.8. The number of rotatable bonds is 19. The van der Waals surface area contributed by atoms with Gasteiger partial charge in [0.2, 0.25) is 0 Å². The maximum Gasteiger partial charge on any atom is 0.256 e. The van der Waals surface area contributed by atoms with Crippen molar-refractivity contribution in [2.24, 2.45) is 0 Å². The third-order valence-corrected chi connectivity index (χ3v) is 8.27. The van der Waals surface area contributed by atoms with Crippen molar-refractivity contribution in [3.8, 4) is 0 Å². The zero-order chi connectivity index (χ0) is 31.2. The van der Waals surface area contributed by atoms with Gasteiger partial charge in [0.05, 0.1) is 22.4 Å². The van der Waals surface area contributed by atoms with Crippen LogP contribution in [-0.2, 0) is 9.59 Å². The molecule has 0 spiro atoms. The number of nitrogens with zero attached hydrogens (tertiary/aromatic N) is 3. The van der Waals surface area contributed by atoms with Crippen LogP contribution < -0.4 is 5.32 Å². The number of aryl methyl sites for hydroxylation is 1. The Labute approximate surface area is 262 Å². The molecule has 1 unspecified atom stereocenters. The topological polar surface area (TPSA) is 84.3 Å². The van der Waals surface area contributed by atoms with Crippen LogP contribution in [0.1, 0.15) is 120 Å². The minimum absolute atomic E-state index is 0.0400. The van der Waals surface area contributed by atoms with Crippen molar-refractivity contribution in [1.82, 2.24) is 14.7 Å². The fraction of sp³-hybridized carbons (Fsp3) is 0.543. The standard InChI is InChI=1S/C35H49ClN4O3/c1-5-7-9-11-13-15-21-39(22-16-14-12-10-8-6-2)35(43)28-18-19-31(30(36)24-28)38-34(42)33(27(4)41)40-32-20-17-26(3)23-29(32)25-37-40/h17-20,23-25,33H,5-16,21-22H2,1-4H3,(H,38,42). The van der Waals surface area contributed by atoms with Crippen molar-refractivity contribution in [1.29, 1.82) is 0 Å². The average molecular weight is 609 g/mol. The van der Waals surface area contributed by atoms with E-state index in [1.807, 2.05) is 30.0 Å². The monoisotopic (exact) mass is 608 g/mol. The molecule has 0 aliphatic heterocycles. The highest BCUT2D eigenvalue weighted by Gasteiger charge is 2.28. The molecule has 43 heavy (non-hydrogen) atoms. The second kappa shape index (κ2) is 17.8.